The number of pyridine rings is 2. The first-order chi connectivity index (χ1) is 11.9. The molecule has 0 aliphatic rings. The van der Waals surface area contributed by atoms with Gasteiger partial charge in [0.1, 0.15) is 11.4 Å². The standard InChI is InChI=1S/C17H13Br2N3O3/c1-2-22-7-12(19)15(23)14(8-22)21-17(25)13-6-10-9(16(24)20-13)4-3-5-11(10)18/h3-8H,2H2,1H3,(H,20,24)(H,21,25). The Labute approximate surface area is 159 Å². The molecule has 0 unspecified atom stereocenters. The minimum Gasteiger partial charge on any atom is -0.351 e. The minimum atomic E-state index is -0.562. The predicted molar refractivity (Wildman–Crippen MR) is 104 cm³/mol. The molecule has 0 aliphatic heterocycles. The molecular formula is C17H13Br2N3O3. The highest BCUT2D eigenvalue weighted by Crippen LogP contribution is 2.22. The average Bonchev–Trinajstić information content (AvgIpc) is 2.59. The Morgan fingerprint density at radius 3 is 2.64 bits per heavy atom. The third-order valence-electron chi connectivity index (χ3n) is 3.73. The smallest absolute Gasteiger partial charge is 0.272 e. The quantitative estimate of drug-likeness (QED) is 0.619. The molecule has 6 nitrogen and oxygen atoms in total. The monoisotopic (exact) mass is 465 g/mol. The van der Waals surface area contributed by atoms with Crippen LogP contribution < -0.4 is 16.3 Å². The minimum absolute atomic E-state index is 0.0758. The van der Waals surface area contributed by atoms with E-state index in [2.05, 4.69) is 42.2 Å². The van der Waals surface area contributed by atoms with Gasteiger partial charge in [0.05, 0.1) is 4.47 Å². The number of anilines is 1. The van der Waals surface area contributed by atoms with Crippen LogP contribution in [-0.4, -0.2) is 15.5 Å². The van der Waals surface area contributed by atoms with Gasteiger partial charge in [-0.2, -0.15) is 0 Å². The van der Waals surface area contributed by atoms with Crippen LogP contribution in [0.5, 0.6) is 0 Å². The summed E-state index contributed by atoms with van der Waals surface area (Å²) in [6.45, 7) is 2.56. The van der Waals surface area contributed by atoms with Crippen LogP contribution in [0.3, 0.4) is 0 Å². The number of nitrogens with zero attached hydrogens (tertiary/aromatic N) is 1. The molecule has 0 bridgehead atoms. The van der Waals surface area contributed by atoms with Crippen LogP contribution in [0.15, 0.2) is 55.2 Å². The van der Waals surface area contributed by atoms with Crippen molar-refractivity contribution in [2.75, 3.05) is 5.32 Å². The molecule has 0 aliphatic carbocycles. The topological polar surface area (TPSA) is 84.0 Å². The Balaban J connectivity index is 2.04. The van der Waals surface area contributed by atoms with Crippen LogP contribution in [0.1, 0.15) is 17.4 Å². The van der Waals surface area contributed by atoms with Crippen molar-refractivity contribution in [3.8, 4) is 0 Å². The normalized spacial score (nSPS) is 10.8. The number of nitrogens with one attached hydrogen (secondary N) is 2. The van der Waals surface area contributed by atoms with Gasteiger partial charge in [-0.25, -0.2) is 0 Å². The number of aryl methyl sites for hydroxylation is 1. The lowest BCUT2D eigenvalue weighted by Gasteiger charge is -2.10. The number of H-pyrrole nitrogens is 1. The third kappa shape index (κ3) is 3.45. The van der Waals surface area contributed by atoms with Crippen molar-refractivity contribution in [1.29, 1.82) is 0 Å². The summed E-state index contributed by atoms with van der Waals surface area (Å²) >= 11 is 6.57. The van der Waals surface area contributed by atoms with Crippen LogP contribution in [0.25, 0.3) is 10.8 Å². The van der Waals surface area contributed by atoms with Crippen molar-refractivity contribution < 1.29 is 4.79 Å². The molecule has 0 fully saturated rings. The fourth-order valence-electron chi connectivity index (χ4n) is 2.43. The van der Waals surface area contributed by atoms with Gasteiger partial charge in [-0.1, -0.05) is 22.0 Å². The summed E-state index contributed by atoms with van der Waals surface area (Å²) in [6, 6.07) is 6.79. The van der Waals surface area contributed by atoms with Crippen molar-refractivity contribution in [2.45, 2.75) is 13.5 Å². The Morgan fingerprint density at radius 1 is 1.16 bits per heavy atom. The lowest BCUT2D eigenvalue weighted by atomic mass is 10.1. The highest BCUT2D eigenvalue weighted by atomic mass is 79.9. The van der Waals surface area contributed by atoms with Gasteiger partial charge in [0.15, 0.2) is 0 Å². The van der Waals surface area contributed by atoms with Gasteiger partial charge >= 0.3 is 0 Å². The average molecular weight is 467 g/mol. The van der Waals surface area contributed by atoms with E-state index in [0.29, 0.717) is 26.3 Å². The molecule has 2 aromatic heterocycles. The van der Waals surface area contributed by atoms with E-state index in [4.69, 9.17) is 0 Å². The molecule has 2 heterocycles. The first-order valence-corrected chi connectivity index (χ1v) is 9.01. The number of aromatic amines is 1. The molecule has 3 aromatic rings. The highest BCUT2D eigenvalue weighted by Gasteiger charge is 2.14. The van der Waals surface area contributed by atoms with Crippen molar-refractivity contribution in [3.05, 3.63) is 71.9 Å². The van der Waals surface area contributed by atoms with Crippen molar-refractivity contribution >= 4 is 54.2 Å². The van der Waals surface area contributed by atoms with Crippen molar-refractivity contribution in [2.24, 2.45) is 0 Å². The number of amides is 1. The summed E-state index contributed by atoms with van der Waals surface area (Å²) in [4.78, 5) is 39.5. The van der Waals surface area contributed by atoms with Crippen LogP contribution >= 0.6 is 31.9 Å². The summed E-state index contributed by atoms with van der Waals surface area (Å²) in [5.74, 6) is -0.562. The Hall–Kier alpha value is -2.19. The number of carbonyl (C=O) groups excluding carboxylic acids is 1. The number of benzene rings is 1. The molecule has 25 heavy (non-hydrogen) atoms. The highest BCUT2D eigenvalue weighted by molar-refractivity contribution is 9.11. The van der Waals surface area contributed by atoms with Crippen LogP contribution in [-0.2, 0) is 6.54 Å². The van der Waals surface area contributed by atoms with E-state index in [1.807, 2.05) is 6.92 Å². The van der Waals surface area contributed by atoms with Gasteiger partial charge in [-0.05, 0) is 41.1 Å². The number of rotatable bonds is 3. The van der Waals surface area contributed by atoms with Gasteiger partial charge in [0, 0.05) is 34.2 Å². The van der Waals surface area contributed by atoms with Crippen LogP contribution in [0.4, 0.5) is 5.69 Å². The zero-order valence-electron chi connectivity index (χ0n) is 13.1. The van der Waals surface area contributed by atoms with Gasteiger partial charge in [-0.15, -0.1) is 0 Å². The number of halogens is 2. The van der Waals surface area contributed by atoms with Gasteiger partial charge in [-0.3, -0.25) is 14.4 Å². The Morgan fingerprint density at radius 2 is 1.92 bits per heavy atom. The van der Waals surface area contributed by atoms with E-state index < -0.39 is 5.91 Å². The third-order valence-corrected chi connectivity index (χ3v) is 4.98. The summed E-state index contributed by atoms with van der Waals surface area (Å²) < 4.78 is 2.82. The summed E-state index contributed by atoms with van der Waals surface area (Å²) in [7, 11) is 0. The second-order valence-electron chi connectivity index (χ2n) is 5.35. The second kappa shape index (κ2) is 6.97. The molecule has 128 valence electrons. The van der Waals surface area contributed by atoms with E-state index >= 15 is 0 Å². The van der Waals surface area contributed by atoms with E-state index in [-0.39, 0.29) is 22.4 Å². The Bertz CT molecular complexity index is 1100. The second-order valence-corrected chi connectivity index (χ2v) is 7.06. The molecule has 2 N–H and O–H groups in total. The van der Waals surface area contributed by atoms with Crippen molar-refractivity contribution in [3.63, 3.8) is 0 Å². The molecule has 1 aromatic carbocycles. The maximum Gasteiger partial charge on any atom is 0.272 e. The van der Waals surface area contributed by atoms with E-state index in [9.17, 15) is 14.4 Å². The molecule has 0 saturated carbocycles. The molecule has 0 spiro atoms. The number of carbonyl (C=O) groups is 1. The molecule has 3 rings (SSSR count). The molecular weight excluding hydrogens is 454 g/mol. The fraction of sp³-hybridized carbons (Fsp3) is 0.118. The molecule has 8 heteroatoms. The van der Waals surface area contributed by atoms with Gasteiger partial charge in [0.2, 0.25) is 5.43 Å². The van der Waals surface area contributed by atoms with E-state index in [1.165, 1.54) is 0 Å². The molecule has 1 amide bonds. The predicted octanol–water partition coefficient (Wildman–Crippen LogP) is 3.49. The van der Waals surface area contributed by atoms with Gasteiger partial charge < -0.3 is 14.9 Å². The Kier molecular flexibility index (Phi) is 4.91. The molecule has 0 atom stereocenters. The summed E-state index contributed by atoms with van der Waals surface area (Å²) in [5, 5.41) is 3.66. The van der Waals surface area contributed by atoms with Crippen LogP contribution in [0.2, 0.25) is 0 Å². The molecule has 0 saturated heterocycles. The van der Waals surface area contributed by atoms with Crippen LogP contribution in [0, 0.1) is 0 Å². The zero-order valence-corrected chi connectivity index (χ0v) is 16.3. The number of fused-ring (bicyclic) bond motifs is 1. The maximum atomic E-state index is 12.5. The summed E-state index contributed by atoms with van der Waals surface area (Å²) in [5.41, 5.74) is -0.493. The number of hydrogen-bond acceptors (Lipinski definition) is 3. The van der Waals surface area contributed by atoms with Gasteiger partial charge in [0.25, 0.3) is 11.5 Å². The lowest BCUT2D eigenvalue weighted by molar-refractivity contribution is 0.102. The summed E-state index contributed by atoms with van der Waals surface area (Å²) in [6.07, 6.45) is 3.20. The largest absolute Gasteiger partial charge is 0.351 e. The van der Waals surface area contributed by atoms with E-state index in [1.54, 1.807) is 41.2 Å². The van der Waals surface area contributed by atoms with Crippen molar-refractivity contribution in [1.82, 2.24) is 9.55 Å². The van der Waals surface area contributed by atoms with E-state index in [0.717, 1.165) is 0 Å². The number of aromatic nitrogens is 2. The fourth-order valence-corrected chi connectivity index (χ4v) is 3.39. The first-order valence-electron chi connectivity index (χ1n) is 7.43. The number of hydrogen-bond donors (Lipinski definition) is 2. The zero-order chi connectivity index (χ0) is 18.1. The maximum absolute atomic E-state index is 12.5. The molecule has 0 radical (unpaired) electrons. The first kappa shape index (κ1) is 17.6. The lowest BCUT2D eigenvalue weighted by Crippen LogP contribution is -2.23. The SMILES string of the molecule is CCn1cc(Br)c(=O)c(NC(=O)c2cc3c(Br)cccc3c(=O)[nH]2)c1.